The molecule has 0 atom stereocenters. The fourth-order valence-electron chi connectivity index (χ4n) is 3.31. The number of hydrogen-bond acceptors (Lipinski definition) is 1. The first-order valence-corrected chi connectivity index (χ1v) is 9.31. The van der Waals surface area contributed by atoms with Crippen LogP contribution in [0.4, 0.5) is 10.5 Å². The number of benzene rings is 2. The van der Waals surface area contributed by atoms with Crippen LogP contribution in [0.25, 0.3) is 0 Å². The van der Waals surface area contributed by atoms with E-state index in [1.807, 2.05) is 18.3 Å². The molecule has 2 aromatic carbocycles. The van der Waals surface area contributed by atoms with E-state index < -0.39 is 0 Å². The second kappa shape index (κ2) is 8.31. The fraction of sp³-hybridized carbons (Fsp3) is 0.227. The molecular formula is C22H24ClN3O. The summed E-state index contributed by atoms with van der Waals surface area (Å²) in [7, 11) is 0. The molecule has 0 spiro atoms. The van der Waals surface area contributed by atoms with Gasteiger partial charge in [0.15, 0.2) is 0 Å². The van der Waals surface area contributed by atoms with E-state index in [9.17, 15) is 4.79 Å². The molecule has 2 amide bonds. The zero-order chi connectivity index (χ0) is 19.4. The van der Waals surface area contributed by atoms with E-state index >= 15 is 0 Å². The van der Waals surface area contributed by atoms with Crippen LogP contribution in [0, 0.1) is 20.8 Å². The van der Waals surface area contributed by atoms with E-state index in [1.54, 1.807) is 24.3 Å². The number of aromatic nitrogens is 1. The summed E-state index contributed by atoms with van der Waals surface area (Å²) < 4.78 is 2.17. The van der Waals surface area contributed by atoms with E-state index in [0.717, 1.165) is 12.2 Å². The number of nitrogens with one attached hydrogen (secondary N) is 2. The largest absolute Gasteiger partial charge is 0.345 e. The van der Waals surface area contributed by atoms with Crippen molar-refractivity contribution in [3.8, 4) is 0 Å². The minimum absolute atomic E-state index is 0.257. The molecule has 0 saturated carbocycles. The number of carbonyl (C=O) groups excluding carboxylic acids is 1. The number of urea groups is 1. The molecule has 1 aromatic heterocycles. The van der Waals surface area contributed by atoms with Gasteiger partial charge >= 0.3 is 6.03 Å². The van der Waals surface area contributed by atoms with Gasteiger partial charge in [0.1, 0.15) is 0 Å². The summed E-state index contributed by atoms with van der Waals surface area (Å²) in [4.78, 5) is 12.2. The predicted octanol–water partition coefficient (Wildman–Crippen LogP) is 5.44. The van der Waals surface area contributed by atoms with Crippen LogP contribution < -0.4 is 10.6 Å². The Kier molecular flexibility index (Phi) is 5.87. The maximum atomic E-state index is 12.2. The van der Waals surface area contributed by atoms with E-state index in [-0.39, 0.29) is 6.03 Å². The Balaban J connectivity index is 1.65. The number of carbonyl (C=O) groups is 1. The SMILES string of the molecule is Cc1cc(C)c(Cn2cccc2CNC(=O)Nc2cccc(Cl)c2)c(C)c1. The highest BCUT2D eigenvalue weighted by Crippen LogP contribution is 2.19. The number of rotatable bonds is 5. The van der Waals surface area contributed by atoms with Crippen LogP contribution in [0.5, 0.6) is 0 Å². The first kappa shape index (κ1) is 19.1. The molecule has 0 saturated heterocycles. The van der Waals surface area contributed by atoms with Crippen LogP contribution in [0.1, 0.15) is 27.9 Å². The summed E-state index contributed by atoms with van der Waals surface area (Å²) in [5.41, 5.74) is 6.90. The van der Waals surface area contributed by atoms with Gasteiger partial charge in [0.25, 0.3) is 0 Å². The van der Waals surface area contributed by atoms with Crippen LogP contribution >= 0.6 is 11.6 Å². The lowest BCUT2D eigenvalue weighted by Crippen LogP contribution is -2.29. The molecular weight excluding hydrogens is 358 g/mol. The quantitative estimate of drug-likeness (QED) is 0.607. The summed E-state index contributed by atoms with van der Waals surface area (Å²) in [6, 6.07) is 15.3. The fourth-order valence-corrected chi connectivity index (χ4v) is 3.50. The molecule has 5 heteroatoms. The van der Waals surface area contributed by atoms with Crippen molar-refractivity contribution in [3.05, 3.63) is 87.7 Å². The van der Waals surface area contributed by atoms with Gasteiger partial charge in [-0.1, -0.05) is 35.4 Å². The third-order valence-corrected chi connectivity index (χ3v) is 4.84. The Morgan fingerprint density at radius 1 is 1.04 bits per heavy atom. The lowest BCUT2D eigenvalue weighted by Gasteiger charge is -2.15. The molecule has 0 unspecified atom stereocenters. The van der Waals surface area contributed by atoms with Crippen molar-refractivity contribution in [1.29, 1.82) is 0 Å². The van der Waals surface area contributed by atoms with E-state index in [2.05, 4.69) is 48.1 Å². The van der Waals surface area contributed by atoms with Crippen molar-refractivity contribution in [3.63, 3.8) is 0 Å². The maximum absolute atomic E-state index is 12.2. The van der Waals surface area contributed by atoms with Gasteiger partial charge < -0.3 is 15.2 Å². The van der Waals surface area contributed by atoms with Crippen LogP contribution in [-0.2, 0) is 13.1 Å². The Morgan fingerprint density at radius 3 is 2.48 bits per heavy atom. The van der Waals surface area contributed by atoms with Gasteiger partial charge in [0.2, 0.25) is 0 Å². The number of hydrogen-bond donors (Lipinski definition) is 2. The maximum Gasteiger partial charge on any atom is 0.319 e. The number of anilines is 1. The zero-order valence-corrected chi connectivity index (χ0v) is 16.6. The van der Waals surface area contributed by atoms with E-state index in [4.69, 9.17) is 11.6 Å². The number of nitrogens with zero attached hydrogens (tertiary/aromatic N) is 1. The normalized spacial score (nSPS) is 10.7. The summed E-state index contributed by atoms with van der Waals surface area (Å²) >= 11 is 5.94. The molecule has 3 rings (SSSR count). The summed E-state index contributed by atoms with van der Waals surface area (Å²) in [5.74, 6) is 0. The van der Waals surface area contributed by atoms with Gasteiger partial charge in [-0.15, -0.1) is 0 Å². The third kappa shape index (κ3) is 4.92. The van der Waals surface area contributed by atoms with Crippen LogP contribution in [0.15, 0.2) is 54.7 Å². The van der Waals surface area contributed by atoms with E-state index in [1.165, 1.54) is 22.3 Å². The van der Waals surface area contributed by atoms with Crippen molar-refractivity contribution in [2.75, 3.05) is 5.32 Å². The zero-order valence-electron chi connectivity index (χ0n) is 15.8. The highest BCUT2D eigenvalue weighted by Gasteiger charge is 2.09. The molecule has 1 heterocycles. The van der Waals surface area contributed by atoms with Crippen molar-refractivity contribution in [2.45, 2.75) is 33.9 Å². The highest BCUT2D eigenvalue weighted by atomic mass is 35.5. The molecule has 4 nitrogen and oxygen atoms in total. The Labute approximate surface area is 165 Å². The van der Waals surface area contributed by atoms with Gasteiger partial charge in [0.05, 0.1) is 6.54 Å². The topological polar surface area (TPSA) is 46.1 Å². The molecule has 0 fully saturated rings. The lowest BCUT2D eigenvalue weighted by atomic mass is 10.00. The monoisotopic (exact) mass is 381 g/mol. The van der Waals surface area contributed by atoms with Crippen LogP contribution in [-0.4, -0.2) is 10.6 Å². The standard InChI is InChI=1S/C22H24ClN3O/c1-15-10-16(2)21(17(3)11-15)14-26-9-5-8-20(26)13-24-22(27)25-19-7-4-6-18(23)12-19/h4-12H,13-14H2,1-3H3,(H2,24,25,27). The lowest BCUT2D eigenvalue weighted by molar-refractivity contribution is 0.251. The Bertz CT molecular complexity index is 939. The molecule has 2 N–H and O–H groups in total. The third-order valence-electron chi connectivity index (χ3n) is 4.60. The molecule has 0 radical (unpaired) electrons. The highest BCUT2D eigenvalue weighted by molar-refractivity contribution is 6.30. The molecule has 27 heavy (non-hydrogen) atoms. The predicted molar refractivity (Wildman–Crippen MR) is 111 cm³/mol. The Morgan fingerprint density at radius 2 is 1.78 bits per heavy atom. The summed E-state index contributed by atoms with van der Waals surface area (Å²) in [5, 5.41) is 6.29. The number of halogens is 1. The van der Waals surface area contributed by atoms with Crippen molar-refractivity contribution >= 4 is 23.3 Å². The first-order valence-electron chi connectivity index (χ1n) is 8.93. The second-order valence-corrected chi connectivity index (χ2v) is 7.26. The molecule has 0 aliphatic carbocycles. The summed E-state index contributed by atoms with van der Waals surface area (Å²) in [6.07, 6.45) is 2.05. The molecule has 0 aliphatic heterocycles. The number of amides is 2. The van der Waals surface area contributed by atoms with Crippen molar-refractivity contribution in [2.24, 2.45) is 0 Å². The smallest absolute Gasteiger partial charge is 0.319 e. The number of aryl methyl sites for hydroxylation is 3. The van der Waals surface area contributed by atoms with Gasteiger partial charge in [0, 0.05) is 29.1 Å². The van der Waals surface area contributed by atoms with Crippen LogP contribution in [0.2, 0.25) is 5.02 Å². The second-order valence-electron chi connectivity index (χ2n) is 6.82. The van der Waals surface area contributed by atoms with Crippen LogP contribution in [0.3, 0.4) is 0 Å². The molecule has 140 valence electrons. The average Bonchev–Trinajstić information content (AvgIpc) is 3.03. The average molecular weight is 382 g/mol. The van der Waals surface area contributed by atoms with Gasteiger partial charge in [-0.2, -0.15) is 0 Å². The minimum Gasteiger partial charge on any atom is -0.345 e. The first-order chi connectivity index (χ1) is 12.9. The van der Waals surface area contributed by atoms with Gasteiger partial charge in [-0.05, 0) is 67.8 Å². The van der Waals surface area contributed by atoms with Gasteiger partial charge in [-0.3, -0.25) is 0 Å². The van der Waals surface area contributed by atoms with Gasteiger partial charge in [-0.25, -0.2) is 4.79 Å². The van der Waals surface area contributed by atoms with Crippen molar-refractivity contribution in [1.82, 2.24) is 9.88 Å². The molecule has 3 aromatic rings. The molecule has 0 bridgehead atoms. The van der Waals surface area contributed by atoms with E-state index in [0.29, 0.717) is 17.3 Å². The van der Waals surface area contributed by atoms with Crippen molar-refractivity contribution < 1.29 is 4.79 Å². The summed E-state index contributed by atoms with van der Waals surface area (Å²) in [6.45, 7) is 7.65. The molecule has 0 aliphatic rings. The Hall–Kier alpha value is -2.72. The minimum atomic E-state index is -0.257.